The summed E-state index contributed by atoms with van der Waals surface area (Å²) in [4.78, 5) is 15.7. The highest BCUT2D eigenvalue weighted by Crippen LogP contribution is 2.37. The summed E-state index contributed by atoms with van der Waals surface area (Å²) in [6, 6.07) is 8.21. The van der Waals surface area contributed by atoms with Gasteiger partial charge in [0.25, 0.3) is 0 Å². The van der Waals surface area contributed by atoms with Crippen molar-refractivity contribution < 1.29 is 32.0 Å². The minimum Gasteiger partial charge on any atom is -0.436 e. The van der Waals surface area contributed by atoms with E-state index in [0.29, 0.717) is 17.4 Å². The van der Waals surface area contributed by atoms with E-state index in [1.165, 1.54) is 12.1 Å². The normalized spacial score (nSPS) is 17.5. The zero-order valence-corrected chi connectivity index (χ0v) is 17.9. The Kier molecular flexibility index (Phi) is 5.14. The number of alkyl halides is 2. The van der Waals surface area contributed by atoms with Crippen molar-refractivity contribution in [1.29, 1.82) is 0 Å². The van der Waals surface area contributed by atoms with Gasteiger partial charge in [0.2, 0.25) is 5.89 Å². The van der Waals surface area contributed by atoms with Crippen molar-refractivity contribution in [3.63, 3.8) is 0 Å². The number of ether oxygens (including phenoxy) is 1. The molecule has 0 N–H and O–H groups in total. The van der Waals surface area contributed by atoms with E-state index in [4.69, 9.17) is 13.7 Å². The lowest BCUT2D eigenvalue weighted by atomic mass is 9.75. The summed E-state index contributed by atoms with van der Waals surface area (Å²) in [5.41, 5.74) is 1.99. The summed E-state index contributed by atoms with van der Waals surface area (Å²) in [5, 5.41) is 0. The number of fused-ring (bicyclic) bond motifs is 1. The van der Waals surface area contributed by atoms with Crippen molar-refractivity contribution in [3.8, 4) is 17.2 Å². The first-order valence-corrected chi connectivity index (χ1v) is 9.82. The second-order valence-electron chi connectivity index (χ2n) is 8.48. The van der Waals surface area contributed by atoms with Gasteiger partial charge < -0.3 is 18.5 Å². The molecule has 0 amide bonds. The molecule has 1 saturated heterocycles. The van der Waals surface area contributed by atoms with E-state index >= 15 is 0 Å². The van der Waals surface area contributed by atoms with E-state index in [9.17, 15) is 13.6 Å². The molecule has 2 heterocycles. The summed E-state index contributed by atoms with van der Waals surface area (Å²) < 4.78 is 47.9. The Morgan fingerprint density at radius 2 is 1.81 bits per heavy atom. The molecule has 0 bridgehead atoms. The van der Waals surface area contributed by atoms with Gasteiger partial charge in [0.05, 0.1) is 16.8 Å². The molecule has 1 aliphatic rings. The zero-order valence-electron chi connectivity index (χ0n) is 17.9. The number of aldehydes is 1. The third kappa shape index (κ3) is 3.72. The second-order valence-corrected chi connectivity index (χ2v) is 8.48. The van der Waals surface area contributed by atoms with Crippen LogP contribution in [0.25, 0.3) is 22.6 Å². The van der Waals surface area contributed by atoms with Crippen LogP contribution in [0.2, 0.25) is 0 Å². The lowest BCUT2D eigenvalue weighted by Crippen LogP contribution is -2.41. The Balaban J connectivity index is 1.75. The fraction of sp³-hybridized carbons (Fsp3) is 0.364. The van der Waals surface area contributed by atoms with Gasteiger partial charge in [-0.1, -0.05) is 12.1 Å². The number of hydrogen-bond donors (Lipinski definition) is 0. The third-order valence-corrected chi connectivity index (χ3v) is 5.98. The smallest absolute Gasteiger partial charge is 0.436 e. The van der Waals surface area contributed by atoms with Gasteiger partial charge in [-0.3, -0.25) is 4.79 Å². The average molecular weight is 429 g/mol. The number of nitrogens with zero attached hydrogens (tertiary/aromatic N) is 1. The molecule has 3 aromatic rings. The van der Waals surface area contributed by atoms with E-state index in [1.54, 1.807) is 0 Å². The molecule has 1 aliphatic heterocycles. The molecule has 0 atom stereocenters. The van der Waals surface area contributed by atoms with Gasteiger partial charge >= 0.3 is 13.7 Å². The van der Waals surface area contributed by atoms with Crippen LogP contribution in [0.4, 0.5) is 8.78 Å². The van der Waals surface area contributed by atoms with Crippen LogP contribution in [0.15, 0.2) is 34.7 Å². The van der Waals surface area contributed by atoms with Crippen LogP contribution in [0.5, 0.6) is 5.75 Å². The summed E-state index contributed by atoms with van der Waals surface area (Å²) in [6.45, 7) is 6.78. The number of rotatable bonds is 5. The minimum absolute atomic E-state index is 0.0321. The number of carbonyl (C=O) groups excluding carboxylic acids is 1. The molecular weight excluding hydrogens is 407 g/mol. The number of carbonyl (C=O) groups is 1. The van der Waals surface area contributed by atoms with Crippen molar-refractivity contribution in [1.82, 2.24) is 4.98 Å². The van der Waals surface area contributed by atoms with E-state index in [0.717, 1.165) is 11.0 Å². The Labute approximate surface area is 178 Å². The maximum atomic E-state index is 12.7. The van der Waals surface area contributed by atoms with Crippen molar-refractivity contribution >= 4 is 30.0 Å². The number of benzene rings is 2. The molecule has 9 heteroatoms. The summed E-state index contributed by atoms with van der Waals surface area (Å²) in [6.07, 6.45) is 0.440. The fourth-order valence-corrected chi connectivity index (χ4v) is 3.49. The van der Waals surface area contributed by atoms with Gasteiger partial charge in [0.15, 0.2) is 11.9 Å². The standard InChI is InChI=1S/C22H22BF2NO5/c1-12-14(7-6-8-15(12)23-30-21(2,3)22(4,5)31-23)19-26-16-9-13(11-27)17(29-20(24)25)10-18(16)28-19/h6-11,20H,1-5H3. The summed E-state index contributed by atoms with van der Waals surface area (Å²) in [7, 11) is -0.554. The Morgan fingerprint density at radius 3 is 2.42 bits per heavy atom. The topological polar surface area (TPSA) is 70.8 Å². The molecule has 0 radical (unpaired) electrons. The maximum absolute atomic E-state index is 12.7. The molecule has 31 heavy (non-hydrogen) atoms. The lowest BCUT2D eigenvalue weighted by Gasteiger charge is -2.32. The van der Waals surface area contributed by atoms with Crippen molar-refractivity contribution in [2.24, 2.45) is 0 Å². The quantitative estimate of drug-likeness (QED) is 0.439. The highest BCUT2D eigenvalue weighted by molar-refractivity contribution is 6.62. The molecule has 0 spiro atoms. The van der Waals surface area contributed by atoms with Crippen LogP contribution in [0, 0.1) is 6.92 Å². The van der Waals surface area contributed by atoms with Crippen LogP contribution in [0.1, 0.15) is 43.6 Å². The summed E-state index contributed by atoms with van der Waals surface area (Å²) in [5.74, 6) is 0.0276. The zero-order chi connectivity index (χ0) is 22.6. The number of hydrogen-bond acceptors (Lipinski definition) is 6. The fourth-order valence-electron chi connectivity index (χ4n) is 3.49. The third-order valence-electron chi connectivity index (χ3n) is 5.98. The van der Waals surface area contributed by atoms with Gasteiger partial charge in [-0.15, -0.1) is 0 Å². The first kappa shape index (κ1) is 21.5. The molecule has 1 fully saturated rings. The predicted molar refractivity (Wildman–Crippen MR) is 112 cm³/mol. The molecular formula is C22H22BF2NO5. The molecule has 0 unspecified atom stereocenters. The van der Waals surface area contributed by atoms with Gasteiger partial charge in [0.1, 0.15) is 11.3 Å². The van der Waals surface area contributed by atoms with E-state index in [2.05, 4.69) is 9.72 Å². The van der Waals surface area contributed by atoms with Gasteiger partial charge in [-0.2, -0.15) is 8.78 Å². The number of aromatic nitrogens is 1. The van der Waals surface area contributed by atoms with E-state index in [-0.39, 0.29) is 22.8 Å². The average Bonchev–Trinajstić information content (AvgIpc) is 3.17. The maximum Gasteiger partial charge on any atom is 0.495 e. The first-order valence-electron chi connectivity index (χ1n) is 9.82. The molecule has 6 nitrogen and oxygen atoms in total. The first-order chi connectivity index (χ1) is 14.5. The number of oxazole rings is 1. The molecule has 0 aliphatic carbocycles. The van der Waals surface area contributed by atoms with E-state index in [1.807, 2.05) is 52.8 Å². The van der Waals surface area contributed by atoms with Crippen LogP contribution in [-0.4, -0.2) is 36.2 Å². The highest BCUT2D eigenvalue weighted by atomic mass is 19.3. The molecule has 162 valence electrons. The number of halogens is 2. The van der Waals surface area contributed by atoms with Crippen LogP contribution < -0.4 is 10.2 Å². The van der Waals surface area contributed by atoms with Crippen molar-refractivity contribution in [3.05, 3.63) is 41.5 Å². The van der Waals surface area contributed by atoms with Gasteiger partial charge in [-0.05, 0) is 57.8 Å². The lowest BCUT2D eigenvalue weighted by molar-refractivity contribution is -0.0500. The van der Waals surface area contributed by atoms with Crippen molar-refractivity contribution in [2.75, 3.05) is 0 Å². The molecule has 1 aromatic heterocycles. The van der Waals surface area contributed by atoms with Crippen LogP contribution in [-0.2, 0) is 9.31 Å². The molecule has 4 rings (SSSR count). The predicted octanol–water partition coefficient (Wildman–Crippen LogP) is 4.52. The van der Waals surface area contributed by atoms with Gasteiger partial charge in [-0.25, -0.2) is 4.98 Å². The second kappa shape index (κ2) is 7.42. The van der Waals surface area contributed by atoms with Gasteiger partial charge in [0, 0.05) is 11.6 Å². The van der Waals surface area contributed by atoms with Crippen LogP contribution in [0.3, 0.4) is 0 Å². The minimum atomic E-state index is -3.06. The largest absolute Gasteiger partial charge is 0.495 e. The summed E-state index contributed by atoms with van der Waals surface area (Å²) >= 11 is 0. The Hall–Kier alpha value is -2.78. The van der Waals surface area contributed by atoms with Crippen molar-refractivity contribution in [2.45, 2.75) is 52.4 Å². The Morgan fingerprint density at radius 1 is 1.13 bits per heavy atom. The molecule has 0 saturated carbocycles. The monoisotopic (exact) mass is 429 g/mol. The Bertz CT molecular complexity index is 1140. The van der Waals surface area contributed by atoms with E-state index < -0.39 is 24.9 Å². The van der Waals surface area contributed by atoms with Crippen LogP contribution >= 0.6 is 0 Å². The SMILES string of the molecule is Cc1c(B2OC(C)(C)C(C)(C)O2)cccc1-c1nc2cc(C=O)c(OC(F)F)cc2o1. The molecule has 2 aromatic carbocycles. The highest BCUT2D eigenvalue weighted by Gasteiger charge is 2.52.